The molecule has 0 radical (unpaired) electrons. The van der Waals surface area contributed by atoms with Gasteiger partial charge in [0.1, 0.15) is 11.3 Å². The number of rotatable bonds is 4. The molecule has 2 aliphatic rings. The molecule has 1 fully saturated rings. The van der Waals surface area contributed by atoms with Gasteiger partial charge < -0.3 is 15.4 Å². The topological polar surface area (TPSA) is 115 Å². The molecule has 0 spiro atoms. The Hall–Kier alpha value is -3.37. The average molecular weight is 406 g/mol. The third-order valence-corrected chi connectivity index (χ3v) is 6.10. The second-order valence-corrected chi connectivity index (χ2v) is 7.84. The molecule has 0 saturated heterocycles. The number of fused-ring (bicyclic) bond motifs is 3. The lowest BCUT2D eigenvalue weighted by Gasteiger charge is -2.27. The van der Waals surface area contributed by atoms with Crippen molar-refractivity contribution in [2.75, 3.05) is 5.32 Å². The standard InChI is InChI=1S/C21H16ClN5O2/c22-14-9-24-20-18(26-19(27-20)11-3-1-10(8-23)2-4-11)17(14)25-16-13-6-5-12(7-13)15(16)21(28)29/h1-6,9,12-13,15-16H,7H2,(H,28,29)(H2,24,25,26,27)/t12-,13+,15+,16-/m1/s1. The number of allylic oxidation sites excluding steroid dienone is 1. The van der Waals surface area contributed by atoms with E-state index in [1.165, 1.54) is 6.20 Å². The number of benzene rings is 1. The molecule has 2 aromatic heterocycles. The Bertz CT molecular complexity index is 1190. The van der Waals surface area contributed by atoms with Gasteiger partial charge in [0.05, 0.1) is 34.5 Å². The van der Waals surface area contributed by atoms with Crippen molar-refractivity contribution in [2.45, 2.75) is 12.5 Å². The summed E-state index contributed by atoms with van der Waals surface area (Å²) in [6.07, 6.45) is 6.45. The number of hydrogen-bond acceptors (Lipinski definition) is 5. The summed E-state index contributed by atoms with van der Waals surface area (Å²) in [5, 5.41) is 22.5. The summed E-state index contributed by atoms with van der Waals surface area (Å²) in [7, 11) is 0. The molecule has 5 rings (SSSR count). The van der Waals surface area contributed by atoms with Crippen LogP contribution < -0.4 is 5.32 Å². The molecule has 2 aliphatic carbocycles. The van der Waals surface area contributed by atoms with E-state index in [0.717, 1.165) is 12.0 Å². The Morgan fingerprint density at radius 2 is 2.03 bits per heavy atom. The number of carboxylic acids is 1. The van der Waals surface area contributed by atoms with Crippen LogP contribution in [0.5, 0.6) is 0 Å². The smallest absolute Gasteiger partial charge is 0.309 e. The molecule has 3 N–H and O–H groups in total. The Balaban J connectivity index is 1.54. The zero-order valence-electron chi connectivity index (χ0n) is 15.1. The molecule has 0 amide bonds. The number of pyridine rings is 1. The third-order valence-electron chi connectivity index (χ3n) is 5.82. The lowest BCUT2D eigenvalue weighted by Crippen LogP contribution is -2.37. The monoisotopic (exact) mass is 405 g/mol. The summed E-state index contributed by atoms with van der Waals surface area (Å²) >= 11 is 6.43. The summed E-state index contributed by atoms with van der Waals surface area (Å²) in [4.78, 5) is 23.9. The molecule has 3 aromatic rings. The van der Waals surface area contributed by atoms with Crippen LogP contribution in [-0.2, 0) is 4.79 Å². The fourth-order valence-electron chi connectivity index (χ4n) is 4.44. The van der Waals surface area contributed by atoms with Crippen LogP contribution >= 0.6 is 11.6 Å². The van der Waals surface area contributed by atoms with E-state index in [0.29, 0.717) is 33.3 Å². The Labute approximate surface area is 171 Å². The van der Waals surface area contributed by atoms with Gasteiger partial charge in [-0.15, -0.1) is 0 Å². The van der Waals surface area contributed by atoms with Gasteiger partial charge >= 0.3 is 5.97 Å². The van der Waals surface area contributed by atoms with Crippen molar-refractivity contribution >= 4 is 34.4 Å². The number of aliphatic carboxylic acids is 1. The molecule has 1 aromatic carbocycles. The molecule has 2 heterocycles. The highest BCUT2D eigenvalue weighted by molar-refractivity contribution is 6.34. The van der Waals surface area contributed by atoms with E-state index >= 15 is 0 Å². The van der Waals surface area contributed by atoms with E-state index in [4.69, 9.17) is 16.9 Å². The number of nitrogens with zero attached hydrogens (tertiary/aromatic N) is 3. The van der Waals surface area contributed by atoms with Gasteiger partial charge in [0.25, 0.3) is 0 Å². The van der Waals surface area contributed by atoms with Crippen LogP contribution in [0.4, 0.5) is 5.69 Å². The van der Waals surface area contributed by atoms with Crippen LogP contribution in [0.15, 0.2) is 42.6 Å². The van der Waals surface area contributed by atoms with Gasteiger partial charge in [-0.3, -0.25) is 4.79 Å². The van der Waals surface area contributed by atoms with Crippen molar-refractivity contribution < 1.29 is 9.90 Å². The molecule has 4 atom stereocenters. The second-order valence-electron chi connectivity index (χ2n) is 7.44. The van der Waals surface area contributed by atoms with Gasteiger partial charge in [0.15, 0.2) is 5.65 Å². The number of hydrogen-bond donors (Lipinski definition) is 3. The fourth-order valence-corrected chi connectivity index (χ4v) is 4.63. The van der Waals surface area contributed by atoms with E-state index in [-0.39, 0.29) is 17.9 Å². The minimum Gasteiger partial charge on any atom is -0.481 e. The van der Waals surface area contributed by atoms with Crippen LogP contribution in [0.25, 0.3) is 22.6 Å². The van der Waals surface area contributed by atoms with Crippen molar-refractivity contribution in [1.29, 1.82) is 5.26 Å². The molecule has 29 heavy (non-hydrogen) atoms. The van der Waals surface area contributed by atoms with Crippen molar-refractivity contribution in [1.82, 2.24) is 15.0 Å². The van der Waals surface area contributed by atoms with Crippen molar-refractivity contribution in [2.24, 2.45) is 17.8 Å². The second kappa shape index (κ2) is 6.61. The van der Waals surface area contributed by atoms with Gasteiger partial charge in [-0.2, -0.15) is 5.26 Å². The molecular weight excluding hydrogens is 390 g/mol. The Kier molecular flexibility index (Phi) is 4.03. The highest BCUT2D eigenvalue weighted by atomic mass is 35.5. The Morgan fingerprint density at radius 1 is 1.28 bits per heavy atom. The first-order chi connectivity index (χ1) is 14.0. The van der Waals surface area contributed by atoms with Crippen molar-refractivity contribution in [3.8, 4) is 17.5 Å². The predicted molar refractivity (Wildman–Crippen MR) is 108 cm³/mol. The molecule has 0 unspecified atom stereocenters. The highest BCUT2D eigenvalue weighted by Gasteiger charge is 2.48. The highest BCUT2D eigenvalue weighted by Crippen LogP contribution is 2.46. The molecular formula is C21H16ClN5O2. The molecule has 144 valence electrons. The van der Waals surface area contributed by atoms with Gasteiger partial charge in [0.2, 0.25) is 0 Å². The SMILES string of the molecule is N#Cc1ccc(-c2nc3ncc(Cl)c(N[C@H]4[C@@H](C(=O)O)[C@@H]5C=C[C@H]4C5)c3[nH]2)cc1. The van der Waals surface area contributed by atoms with Gasteiger partial charge in [-0.1, -0.05) is 23.8 Å². The number of aromatic nitrogens is 3. The number of halogens is 1. The molecule has 2 bridgehead atoms. The maximum atomic E-state index is 11.8. The first-order valence-electron chi connectivity index (χ1n) is 9.27. The predicted octanol–water partition coefficient (Wildman–Crippen LogP) is 3.84. The van der Waals surface area contributed by atoms with Gasteiger partial charge in [0, 0.05) is 11.6 Å². The lowest BCUT2D eigenvalue weighted by atomic mass is 9.89. The van der Waals surface area contributed by atoms with E-state index in [1.807, 2.05) is 18.2 Å². The molecule has 7 nitrogen and oxygen atoms in total. The van der Waals surface area contributed by atoms with E-state index < -0.39 is 11.9 Å². The average Bonchev–Trinajstić information content (AvgIpc) is 3.44. The molecule has 0 aliphatic heterocycles. The normalized spacial score (nSPS) is 24.7. The van der Waals surface area contributed by atoms with Crippen molar-refractivity contribution in [3.05, 3.63) is 53.2 Å². The molecule has 8 heteroatoms. The third kappa shape index (κ3) is 2.84. The summed E-state index contributed by atoms with van der Waals surface area (Å²) in [6, 6.07) is 8.92. The summed E-state index contributed by atoms with van der Waals surface area (Å²) < 4.78 is 0. The van der Waals surface area contributed by atoms with Crippen LogP contribution in [0.1, 0.15) is 12.0 Å². The van der Waals surface area contributed by atoms with Gasteiger partial charge in [-0.05, 0) is 42.5 Å². The Morgan fingerprint density at radius 3 is 2.76 bits per heavy atom. The number of imidazole rings is 1. The maximum absolute atomic E-state index is 11.8. The van der Waals surface area contributed by atoms with E-state index in [9.17, 15) is 9.90 Å². The zero-order valence-corrected chi connectivity index (χ0v) is 15.9. The number of nitrogens with one attached hydrogen (secondary N) is 2. The summed E-state index contributed by atoms with van der Waals surface area (Å²) in [5.41, 5.74) is 3.11. The first-order valence-corrected chi connectivity index (χ1v) is 9.65. The van der Waals surface area contributed by atoms with Crippen LogP contribution in [-0.4, -0.2) is 32.1 Å². The van der Waals surface area contributed by atoms with Crippen LogP contribution in [0.3, 0.4) is 0 Å². The quantitative estimate of drug-likeness (QED) is 0.568. The lowest BCUT2D eigenvalue weighted by molar-refractivity contribution is -0.142. The number of carboxylic acid groups (broad SMARTS) is 1. The minimum absolute atomic E-state index is 0.0436. The van der Waals surface area contributed by atoms with E-state index in [1.54, 1.807) is 12.1 Å². The minimum atomic E-state index is -0.802. The largest absolute Gasteiger partial charge is 0.481 e. The summed E-state index contributed by atoms with van der Waals surface area (Å²) in [5.74, 6) is -0.498. The van der Waals surface area contributed by atoms with Gasteiger partial charge in [-0.25, -0.2) is 9.97 Å². The molecule has 1 saturated carbocycles. The summed E-state index contributed by atoms with van der Waals surface area (Å²) in [6.45, 7) is 0. The maximum Gasteiger partial charge on any atom is 0.309 e. The van der Waals surface area contributed by atoms with Crippen molar-refractivity contribution in [3.63, 3.8) is 0 Å². The first kappa shape index (κ1) is 17.7. The van der Waals surface area contributed by atoms with Crippen LogP contribution in [0, 0.1) is 29.1 Å². The van der Waals surface area contributed by atoms with Crippen LogP contribution in [0.2, 0.25) is 5.02 Å². The fraction of sp³-hybridized carbons (Fsp3) is 0.238. The van der Waals surface area contributed by atoms with E-state index in [2.05, 4.69) is 32.4 Å². The number of carbonyl (C=O) groups is 1. The number of aromatic amines is 1. The zero-order chi connectivity index (χ0) is 20.1. The number of nitriles is 1. The number of anilines is 1. The number of H-pyrrole nitrogens is 1.